The van der Waals surface area contributed by atoms with Gasteiger partial charge in [0.1, 0.15) is 5.54 Å². The smallest absolute Gasteiger partial charge is 0.329 e. The Morgan fingerprint density at radius 1 is 1.38 bits per heavy atom. The summed E-state index contributed by atoms with van der Waals surface area (Å²) < 4.78 is 0. The molecule has 2 aliphatic rings. The molecule has 4 heteroatoms. The first kappa shape index (κ1) is 11.4. The number of carbonyl (C=O) groups is 2. The molecule has 16 heavy (non-hydrogen) atoms. The van der Waals surface area contributed by atoms with Gasteiger partial charge >= 0.3 is 5.97 Å². The molecule has 1 atom stereocenters. The fourth-order valence-electron chi connectivity index (χ4n) is 2.60. The molecule has 0 radical (unpaired) electrons. The molecule has 0 saturated heterocycles. The summed E-state index contributed by atoms with van der Waals surface area (Å²) in [5, 5.41) is 9.51. The van der Waals surface area contributed by atoms with Crippen molar-refractivity contribution < 1.29 is 14.7 Å². The van der Waals surface area contributed by atoms with E-state index in [1.807, 2.05) is 6.92 Å². The van der Waals surface area contributed by atoms with E-state index >= 15 is 0 Å². The molecule has 0 aliphatic heterocycles. The van der Waals surface area contributed by atoms with Gasteiger partial charge in [0.2, 0.25) is 5.91 Å². The van der Waals surface area contributed by atoms with Gasteiger partial charge in [-0.25, -0.2) is 4.79 Å². The third kappa shape index (κ3) is 1.43. The number of nitrogens with zero attached hydrogens (tertiary/aromatic N) is 1. The van der Waals surface area contributed by atoms with Crippen LogP contribution >= 0.6 is 0 Å². The van der Waals surface area contributed by atoms with Crippen molar-refractivity contribution >= 4 is 11.9 Å². The van der Waals surface area contributed by atoms with Crippen LogP contribution in [0.1, 0.15) is 46.5 Å². The maximum Gasteiger partial charge on any atom is 0.329 e. The summed E-state index contributed by atoms with van der Waals surface area (Å²) in [5.41, 5.74) is -1.27. The predicted molar refractivity (Wildman–Crippen MR) is 58.9 cm³/mol. The van der Waals surface area contributed by atoms with Crippen LogP contribution < -0.4 is 0 Å². The van der Waals surface area contributed by atoms with E-state index in [9.17, 15) is 14.7 Å². The zero-order valence-corrected chi connectivity index (χ0v) is 10.1. The highest BCUT2D eigenvalue weighted by atomic mass is 16.4. The average Bonchev–Trinajstić information content (AvgIpc) is 3.01. The summed E-state index contributed by atoms with van der Waals surface area (Å²) in [4.78, 5) is 24.9. The average molecular weight is 225 g/mol. The normalized spacial score (nSPS) is 25.7. The molecule has 90 valence electrons. The second-order valence-corrected chi connectivity index (χ2v) is 5.56. The SMILES string of the molecule is CC(=O)N(C1CC1)C(C)(C(=O)O)C1(C)CC1. The van der Waals surface area contributed by atoms with E-state index in [1.54, 1.807) is 11.8 Å². The van der Waals surface area contributed by atoms with Gasteiger partial charge in [-0.2, -0.15) is 0 Å². The van der Waals surface area contributed by atoms with Crippen molar-refractivity contribution in [2.45, 2.75) is 58.0 Å². The summed E-state index contributed by atoms with van der Waals surface area (Å²) in [5.74, 6) is -0.977. The van der Waals surface area contributed by atoms with Crippen LogP contribution in [0.25, 0.3) is 0 Å². The molecule has 1 unspecified atom stereocenters. The molecule has 2 fully saturated rings. The van der Waals surface area contributed by atoms with Gasteiger partial charge in [0.25, 0.3) is 0 Å². The fourth-order valence-corrected chi connectivity index (χ4v) is 2.60. The number of carbonyl (C=O) groups excluding carboxylic acids is 1. The lowest BCUT2D eigenvalue weighted by Crippen LogP contribution is -2.60. The summed E-state index contributed by atoms with van der Waals surface area (Å²) in [6, 6.07) is 0.149. The minimum atomic E-state index is -1.03. The topological polar surface area (TPSA) is 57.6 Å². The first-order valence-electron chi connectivity index (χ1n) is 5.86. The van der Waals surface area contributed by atoms with Gasteiger partial charge < -0.3 is 10.0 Å². The van der Waals surface area contributed by atoms with Crippen LogP contribution in [-0.4, -0.2) is 33.5 Å². The Labute approximate surface area is 95.6 Å². The molecule has 0 bridgehead atoms. The molecule has 0 aromatic heterocycles. The van der Waals surface area contributed by atoms with Crippen molar-refractivity contribution in [3.8, 4) is 0 Å². The minimum Gasteiger partial charge on any atom is -0.479 e. The molecule has 0 spiro atoms. The zero-order chi connectivity index (χ0) is 12.1. The Balaban J connectivity index is 2.37. The molecule has 0 aromatic carbocycles. The molecule has 0 heterocycles. The number of hydrogen-bond acceptors (Lipinski definition) is 2. The van der Waals surface area contributed by atoms with E-state index in [0.29, 0.717) is 0 Å². The lowest BCUT2D eigenvalue weighted by Gasteiger charge is -2.42. The largest absolute Gasteiger partial charge is 0.479 e. The number of amides is 1. The predicted octanol–water partition coefficient (Wildman–Crippen LogP) is 1.64. The standard InChI is InChI=1S/C12H19NO3/c1-8(14)13(9-4-5-9)12(3,10(15)16)11(2)6-7-11/h9H,4-7H2,1-3H3,(H,15,16). The summed E-state index contributed by atoms with van der Waals surface area (Å²) >= 11 is 0. The van der Waals surface area contributed by atoms with Gasteiger partial charge in [-0.05, 0) is 32.6 Å². The van der Waals surface area contributed by atoms with Crippen molar-refractivity contribution in [3.05, 3.63) is 0 Å². The Morgan fingerprint density at radius 3 is 2.12 bits per heavy atom. The van der Waals surface area contributed by atoms with Crippen LogP contribution in [0.15, 0.2) is 0 Å². The quantitative estimate of drug-likeness (QED) is 0.791. The molecule has 1 amide bonds. The highest BCUT2D eigenvalue weighted by molar-refractivity contribution is 5.87. The Hall–Kier alpha value is -1.06. The van der Waals surface area contributed by atoms with E-state index in [4.69, 9.17) is 0 Å². The van der Waals surface area contributed by atoms with E-state index < -0.39 is 11.5 Å². The molecule has 2 saturated carbocycles. The Kier molecular flexibility index (Phi) is 2.30. The number of carboxylic acids is 1. The fraction of sp³-hybridized carbons (Fsp3) is 0.833. The van der Waals surface area contributed by atoms with E-state index in [1.165, 1.54) is 6.92 Å². The molecular weight excluding hydrogens is 206 g/mol. The number of hydrogen-bond donors (Lipinski definition) is 1. The summed E-state index contributed by atoms with van der Waals surface area (Å²) in [7, 11) is 0. The van der Waals surface area contributed by atoms with Crippen LogP contribution in [0.2, 0.25) is 0 Å². The molecule has 2 aliphatic carbocycles. The van der Waals surface area contributed by atoms with Crippen molar-refractivity contribution in [3.63, 3.8) is 0 Å². The molecule has 0 aromatic rings. The van der Waals surface area contributed by atoms with Crippen LogP contribution in [0, 0.1) is 5.41 Å². The summed E-state index contributed by atoms with van der Waals surface area (Å²) in [6.07, 6.45) is 3.68. The van der Waals surface area contributed by atoms with Gasteiger partial charge in [0.05, 0.1) is 0 Å². The number of rotatable bonds is 4. The minimum absolute atomic E-state index is 0.111. The van der Waals surface area contributed by atoms with Crippen LogP contribution in [-0.2, 0) is 9.59 Å². The second-order valence-electron chi connectivity index (χ2n) is 5.56. The van der Waals surface area contributed by atoms with Crippen molar-refractivity contribution in [2.24, 2.45) is 5.41 Å². The molecule has 1 N–H and O–H groups in total. The monoisotopic (exact) mass is 225 g/mol. The Morgan fingerprint density at radius 2 is 1.88 bits per heavy atom. The zero-order valence-electron chi connectivity index (χ0n) is 10.1. The lowest BCUT2D eigenvalue weighted by molar-refractivity contribution is -0.163. The number of aliphatic carboxylic acids is 1. The maximum atomic E-state index is 11.7. The van der Waals surface area contributed by atoms with Crippen molar-refractivity contribution in [1.29, 1.82) is 0 Å². The second kappa shape index (κ2) is 3.22. The first-order valence-corrected chi connectivity index (χ1v) is 5.86. The van der Waals surface area contributed by atoms with Gasteiger partial charge in [-0.3, -0.25) is 4.79 Å². The Bertz CT molecular complexity index is 344. The van der Waals surface area contributed by atoms with E-state index in [-0.39, 0.29) is 17.4 Å². The lowest BCUT2D eigenvalue weighted by atomic mass is 9.81. The highest BCUT2D eigenvalue weighted by Crippen LogP contribution is 2.57. The summed E-state index contributed by atoms with van der Waals surface area (Å²) in [6.45, 7) is 5.16. The van der Waals surface area contributed by atoms with Gasteiger partial charge in [-0.1, -0.05) is 6.92 Å². The number of carboxylic acid groups (broad SMARTS) is 1. The van der Waals surface area contributed by atoms with Crippen molar-refractivity contribution in [2.75, 3.05) is 0 Å². The van der Waals surface area contributed by atoms with E-state index in [0.717, 1.165) is 25.7 Å². The van der Waals surface area contributed by atoms with Gasteiger partial charge in [0.15, 0.2) is 0 Å². The van der Waals surface area contributed by atoms with Gasteiger partial charge in [-0.15, -0.1) is 0 Å². The molecular formula is C12H19NO3. The van der Waals surface area contributed by atoms with Crippen LogP contribution in [0.3, 0.4) is 0 Å². The highest BCUT2D eigenvalue weighted by Gasteiger charge is 2.63. The van der Waals surface area contributed by atoms with Gasteiger partial charge in [0, 0.05) is 18.4 Å². The third-order valence-electron chi connectivity index (χ3n) is 4.32. The third-order valence-corrected chi connectivity index (χ3v) is 4.32. The molecule has 2 rings (SSSR count). The van der Waals surface area contributed by atoms with Crippen LogP contribution in [0.5, 0.6) is 0 Å². The van der Waals surface area contributed by atoms with Crippen LogP contribution in [0.4, 0.5) is 0 Å². The van der Waals surface area contributed by atoms with E-state index in [2.05, 4.69) is 0 Å². The maximum absolute atomic E-state index is 11.7. The first-order chi connectivity index (χ1) is 7.33. The van der Waals surface area contributed by atoms with Crippen molar-refractivity contribution in [1.82, 2.24) is 4.90 Å². The molecule has 4 nitrogen and oxygen atoms in total.